The highest BCUT2D eigenvalue weighted by Crippen LogP contribution is 2.27. The molecule has 0 spiro atoms. The van der Waals surface area contributed by atoms with Crippen LogP contribution in [0.2, 0.25) is 0 Å². The smallest absolute Gasteiger partial charge is 0.160 e. The summed E-state index contributed by atoms with van der Waals surface area (Å²) in [6.07, 6.45) is 1.49. The van der Waals surface area contributed by atoms with Crippen LogP contribution in [0, 0.1) is 0 Å². The molecule has 0 amide bonds. The van der Waals surface area contributed by atoms with Crippen molar-refractivity contribution in [3.05, 3.63) is 23.8 Å². The van der Waals surface area contributed by atoms with E-state index in [-0.39, 0.29) is 11.5 Å². The average Bonchev–Trinajstić information content (AvgIpc) is 2.46. The number of ether oxygens (including phenoxy) is 2. The Morgan fingerprint density at radius 3 is 2.38 bits per heavy atom. The highest BCUT2D eigenvalue weighted by molar-refractivity contribution is 7.91. The van der Waals surface area contributed by atoms with Crippen LogP contribution in [0.3, 0.4) is 0 Å². The standard InChI is InChI=1S/C15H25NO4S/c1-4-10-21(17,18)11-9-16-8-7-13-5-6-14(19-2)15(12-13)20-3/h5-6,12,16H,4,7-11H2,1-3H3. The summed E-state index contributed by atoms with van der Waals surface area (Å²) >= 11 is 0. The Morgan fingerprint density at radius 2 is 1.76 bits per heavy atom. The normalized spacial score (nSPS) is 11.4. The van der Waals surface area contributed by atoms with Crippen LogP contribution in [0.25, 0.3) is 0 Å². The monoisotopic (exact) mass is 315 g/mol. The lowest BCUT2D eigenvalue weighted by molar-refractivity contribution is 0.354. The second kappa shape index (κ2) is 8.89. The molecule has 1 N–H and O–H groups in total. The summed E-state index contributed by atoms with van der Waals surface area (Å²) in [6.45, 7) is 3.11. The van der Waals surface area contributed by atoms with E-state index in [1.54, 1.807) is 14.2 Å². The van der Waals surface area contributed by atoms with Crippen molar-refractivity contribution in [3.8, 4) is 11.5 Å². The lowest BCUT2D eigenvalue weighted by atomic mass is 10.1. The molecule has 1 rings (SSSR count). The Bertz CT molecular complexity index is 528. The summed E-state index contributed by atoms with van der Waals surface area (Å²) in [4.78, 5) is 0. The summed E-state index contributed by atoms with van der Waals surface area (Å²) in [5.74, 6) is 1.89. The Hall–Kier alpha value is -1.27. The third kappa shape index (κ3) is 6.35. The molecule has 0 atom stereocenters. The molecule has 0 aliphatic heterocycles. The van der Waals surface area contributed by atoms with Crippen molar-refractivity contribution < 1.29 is 17.9 Å². The van der Waals surface area contributed by atoms with E-state index in [1.807, 2.05) is 25.1 Å². The molecule has 6 heteroatoms. The summed E-state index contributed by atoms with van der Waals surface area (Å²) in [5, 5.41) is 3.16. The zero-order valence-corrected chi connectivity index (χ0v) is 13.8. The van der Waals surface area contributed by atoms with Gasteiger partial charge in [0.25, 0.3) is 0 Å². The van der Waals surface area contributed by atoms with Crippen LogP contribution in [0.4, 0.5) is 0 Å². The van der Waals surface area contributed by atoms with Crippen LogP contribution < -0.4 is 14.8 Å². The van der Waals surface area contributed by atoms with Crippen molar-refractivity contribution in [3.63, 3.8) is 0 Å². The van der Waals surface area contributed by atoms with Crippen LogP contribution in [0.5, 0.6) is 11.5 Å². The third-order valence-corrected chi connectivity index (χ3v) is 5.00. The molecule has 0 heterocycles. The first kappa shape index (κ1) is 17.8. The predicted octanol–water partition coefficient (Wildman–Crippen LogP) is 1.66. The zero-order valence-electron chi connectivity index (χ0n) is 13.0. The second-order valence-corrected chi connectivity index (χ2v) is 7.14. The molecule has 0 aromatic heterocycles. The van der Waals surface area contributed by atoms with Crippen molar-refractivity contribution >= 4 is 9.84 Å². The average molecular weight is 315 g/mol. The van der Waals surface area contributed by atoms with Gasteiger partial charge in [0.05, 0.1) is 20.0 Å². The minimum absolute atomic E-state index is 0.201. The van der Waals surface area contributed by atoms with E-state index in [0.717, 1.165) is 18.5 Å². The van der Waals surface area contributed by atoms with E-state index in [0.29, 0.717) is 24.5 Å². The summed E-state index contributed by atoms with van der Waals surface area (Å²) in [5.41, 5.74) is 1.12. The van der Waals surface area contributed by atoms with Crippen LogP contribution in [-0.4, -0.2) is 47.2 Å². The van der Waals surface area contributed by atoms with Gasteiger partial charge < -0.3 is 14.8 Å². The lowest BCUT2D eigenvalue weighted by Gasteiger charge is -2.10. The van der Waals surface area contributed by atoms with Gasteiger partial charge in [-0.05, 0) is 37.1 Å². The molecular formula is C15H25NO4S. The molecule has 0 fully saturated rings. The molecule has 0 aliphatic carbocycles. The lowest BCUT2D eigenvalue weighted by Crippen LogP contribution is -2.26. The maximum atomic E-state index is 11.5. The van der Waals surface area contributed by atoms with E-state index in [1.165, 1.54) is 0 Å². The van der Waals surface area contributed by atoms with E-state index in [4.69, 9.17) is 9.47 Å². The van der Waals surface area contributed by atoms with E-state index >= 15 is 0 Å². The van der Waals surface area contributed by atoms with Gasteiger partial charge in [-0.25, -0.2) is 8.42 Å². The fraction of sp³-hybridized carbons (Fsp3) is 0.600. The predicted molar refractivity (Wildman–Crippen MR) is 85.1 cm³/mol. The molecule has 0 radical (unpaired) electrons. The zero-order chi connectivity index (χ0) is 15.7. The maximum Gasteiger partial charge on any atom is 0.160 e. The highest BCUT2D eigenvalue weighted by atomic mass is 32.2. The van der Waals surface area contributed by atoms with Gasteiger partial charge in [-0.2, -0.15) is 0 Å². The minimum Gasteiger partial charge on any atom is -0.493 e. The van der Waals surface area contributed by atoms with Gasteiger partial charge >= 0.3 is 0 Å². The largest absolute Gasteiger partial charge is 0.493 e. The van der Waals surface area contributed by atoms with Crippen molar-refractivity contribution in [2.45, 2.75) is 19.8 Å². The van der Waals surface area contributed by atoms with Gasteiger partial charge in [-0.3, -0.25) is 0 Å². The molecule has 0 aliphatic rings. The second-order valence-electron chi connectivity index (χ2n) is 4.84. The first-order valence-corrected chi connectivity index (χ1v) is 8.96. The quantitative estimate of drug-likeness (QED) is 0.665. The molecule has 0 bridgehead atoms. The molecular weight excluding hydrogens is 290 g/mol. The number of hydrogen-bond acceptors (Lipinski definition) is 5. The maximum absolute atomic E-state index is 11.5. The van der Waals surface area contributed by atoms with E-state index in [9.17, 15) is 8.42 Å². The van der Waals surface area contributed by atoms with Gasteiger partial charge in [0.15, 0.2) is 21.3 Å². The van der Waals surface area contributed by atoms with Crippen molar-refractivity contribution in [2.75, 3.05) is 38.8 Å². The molecule has 1 aromatic carbocycles. The van der Waals surface area contributed by atoms with Gasteiger partial charge in [0.1, 0.15) is 0 Å². The van der Waals surface area contributed by atoms with Crippen LogP contribution in [-0.2, 0) is 16.3 Å². The van der Waals surface area contributed by atoms with Crippen molar-refractivity contribution in [1.82, 2.24) is 5.32 Å². The van der Waals surface area contributed by atoms with E-state index < -0.39 is 9.84 Å². The highest BCUT2D eigenvalue weighted by Gasteiger charge is 2.08. The Balaban J connectivity index is 2.36. The summed E-state index contributed by atoms with van der Waals surface area (Å²) in [6, 6.07) is 5.80. The number of sulfone groups is 1. The Morgan fingerprint density at radius 1 is 1.05 bits per heavy atom. The number of rotatable bonds is 10. The van der Waals surface area contributed by atoms with E-state index in [2.05, 4.69) is 5.32 Å². The van der Waals surface area contributed by atoms with Gasteiger partial charge in [0.2, 0.25) is 0 Å². The van der Waals surface area contributed by atoms with Gasteiger partial charge in [-0.15, -0.1) is 0 Å². The number of methoxy groups -OCH3 is 2. The first-order chi connectivity index (χ1) is 10.0. The Kier molecular flexibility index (Phi) is 7.53. The molecule has 0 unspecified atom stereocenters. The molecule has 0 saturated carbocycles. The summed E-state index contributed by atoms with van der Waals surface area (Å²) < 4.78 is 33.5. The fourth-order valence-electron chi connectivity index (χ4n) is 2.03. The molecule has 0 saturated heterocycles. The topological polar surface area (TPSA) is 64.6 Å². The van der Waals surface area contributed by atoms with Crippen LogP contribution in [0.1, 0.15) is 18.9 Å². The minimum atomic E-state index is -2.90. The summed E-state index contributed by atoms with van der Waals surface area (Å²) in [7, 11) is 0.321. The van der Waals surface area contributed by atoms with Gasteiger partial charge in [0, 0.05) is 12.3 Å². The van der Waals surface area contributed by atoms with Crippen LogP contribution in [0.15, 0.2) is 18.2 Å². The number of hydrogen-bond donors (Lipinski definition) is 1. The number of benzene rings is 1. The third-order valence-electron chi connectivity index (χ3n) is 3.14. The van der Waals surface area contributed by atoms with Crippen LogP contribution >= 0.6 is 0 Å². The number of nitrogens with one attached hydrogen (secondary N) is 1. The Labute approximate surface area is 127 Å². The first-order valence-electron chi connectivity index (χ1n) is 7.14. The molecule has 120 valence electrons. The van der Waals surface area contributed by atoms with Crippen molar-refractivity contribution in [2.24, 2.45) is 0 Å². The van der Waals surface area contributed by atoms with Crippen molar-refractivity contribution in [1.29, 1.82) is 0 Å². The van der Waals surface area contributed by atoms with Gasteiger partial charge in [-0.1, -0.05) is 13.0 Å². The molecule has 1 aromatic rings. The fourth-order valence-corrected chi connectivity index (χ4v) is 3.32. The molecule has 5 nitrogen and oxygen atoms in total. The SMILES string of the molecule is CCCS(=O)(=O)CCNCCc1ccc(OC)c(OC)c1. The molecule has 21 heavy (non-hydrogen) atoms.